The lowest BCUT2D eigenvalue weighted by Gasteiger charge is -2.35. The number of urea groups is 1. The Bertz CT molecular complexity index is 572. The molecule has 134 valence electrons. The van der Waals surface area contributed by atoms with Crippen molar-refractivity contribution < 1.29 is 14.3 Å². The van der Waals surface area contributed by atoms with E-state index >= 15 is 0 Å². The van der Waals surface area contributed by atoms with Crippen LogP contribution < -0.4 is 14.8 Å². The van der Waals surface area contributed by atoms with Crippen molar-refractivity contribution >= 4 is 23.3 Å². The van der Waals surface area contributed by atoms with E-state index in [9.17, 15) is 4.79 Å². The number of benzene rings is 1. The summed E-state index contributed by atoms with van der Waals surface area (Å²) in [6, 6.07) is 3.17. The number of ether oxygens (including phenoxy) is 2. The molecule has 1 aliphatic rings. The van der Waals surface area contributed by atoms with Crippen molar-refractivity contribution in [3.63, 3.8) is 0 Å². The number of nitrogens with zero attached hydrogens (tertiary/aromatic N) is 2. The maximum absolute atomic E-state index is 12.5. The fourth-order valence-corrected chi connectivity index (χ4v) is 3.03. The van der Waals surface area contributed by atoms with Gasteiger partial charge in [0.1, 0.15) is 11.5 Å². The average molecular weight is 356 g/mol. The number of carbonyl (C=O) groups is 1. The first-order valence-electron chi connectivity index (χ1n) is 8.14. The second-order valence-electron chi connectivity index (χ2n) is 6.30. The number of hydrogen-bond acceptors (Lipinski definition) is 4. The van der Waals surface area contributed by atoms with Gasteiger partial charge in [0.2, 0.25) is 0 Å². The van der Waals surface area contributed by atoms with Crippen LogP contribution >= 0.6 is 11.6 Å². The van der Waals surface area contributed by atoms with Crippen LogP contribution in [-0.2, 0) is 0 Å². The van der Waals surface area contributed by atoms with E-state index in [4.69, 9.17) is 21.1 Å². The van der Waals surface area contributed by atoms with Gasteiger partial charge in [0.15, 0.2) is 0 Å². The zero-order chi connectivity index (χ0) is 17.7. The Morgan fingerprint density at radius 3 is 2.33 bits per heavy atom. The van der Waals surface area contributed by atoms with E-state index < -0.39 is 0 Å². The SMILES string of the molecule is COc1cc(NC(=O)N2CCN(CC(C)C)CC2)c(OC)cc1Cl. The summed E-state index contributed by atoms with van der Waals surface area (Å²) in [6.45, 7) is 8.70. The Morgan fingerprint density at radius 2 is 1.79 bits per heavy atom. The van der Waals surface area contributed by atoms with Crippen LogP contribution in [0.5, 0.6) is 11.5 Å². The molecule has 0 aliphatic carbocycles. The van der Waals surface area contributed by atoms with Crippen molar-refractivity contribution in [3.8, 4) is 11.5 Å². The molecule has 0 bridgehead atoms. The van der Waals surface area contributed by atoms with Crippen LogP contribution in [0, 0.1) is 5.92 Å². The Kier molecular flexibility index (Phi) is 6.57. The highest BCUT2D eigenvalue weighted by molar-refractivity contribution is 6.32. The maximum Gasteiger partial charge on any atom is 0.322 e. The van der Waals surface area contributed by atoms with Gasteiger partial charge in [0.05, 0.1) is 24.9 Å². The van der Waals surface area contributed by atoms with Crippen LogP contribution in [-0.4, -0.2) is 62.8 Å². The highest BCUT2D eigenvalue weighted by atomic mass is 35.5. The first-order chi connectivity index (χ1) is 11.4. The Labute approximate surface area is 148 Å². The second-order valence-corrected chi connectivity index (χ2v) is 6.71. The molecule has 1 N–H and O–H groups in total. The molecular formula is C17H26ClN3O3. The van der Waals surface area contributed by atoms with E-state index in [0.717, 1.165) is 19.6 Å². The summed E-state index contributed by atoms with van der Waals surface area (Å²) in [4.78, 5) is 16.7. The minimum Gasteiger partial charge on any atom is -0.495 e. The van der Waals surface area contributed by atoms with E-state index in [1.807, 2.05) is 4.90 Å². The van der Waals surface area contributed by atoms with E-state index in [1.54, 1.807) is 19.2 Å². The number of halogens is 1. The summed E-state index contributed by atoms with van der Waals surface area (Å²) >= 11 is 6.09. The van der Waals surface area contributed by atoms with Gasteiger partial charge in [-0.25, -0.2) is 4.79 Å². The lowest BCUT2D eigenvalue weighted by molar-refractivity contribution is 0.138. The van der Waals surface area contributed by atoms with Crippen LogP contribution in [0.25, 0.3) is 0 Å². The molecule has 1 aliphatic heterocycles. The Balaban J connectivity index is 2.00. The summed E-state index contributed by atoms with van der Waals surface area (Å²) in [5.41, 5.74) is 0.549. The molecule has 0 saturated carbocycles. The molecule has 0 radical (unpaired) electrons. The van der Waals surface area contributed by atoms with Gasteiger partial charge in [0.25, 0.3) is 0 Å². The molecule has 24 heavy (non-hydrogen) atoms. The molecule has 6 nitrogen and oxygen atoms in total. The third-order valence-electron chi connectivity index (χ3n) is 4.00. The number of amides is 2. The van der Waals surface area contributed by atoms with E-state index in [1.165, 1.54) is 7.11 Å². The molecule has 0 aromatic heterocycles. The summed E-state index contributed by atoms with van der Waals surface area (Å²) < 4.78 is 10.5. The highest BCUT2D eigenvalue weighted by Crippen LogP contribution is 2.36. The highest BCUT2D eigenvalue weighted by Gasteiger charge is 2.22. The molecular weight excluding hydrogens is 330 g/mol. The molecule has 1 saturated heterocycles. The minimum atomic E-state index is -0.137. The monoisotopic (exact) mass is 355 g/mol. The van der Waals surface area contributed by atoms with Crippen molar-refractivity contribution in [3.05, 3.63) is 17.2 Å². The first kappa shape index (κ1) is 18.7. The normalized spacial score (nSPS) is 15.5. The summed E-state index contributed by atoms with van der Waals surface area (Å²) in [5, 5.41) is 3.33. The average Bonchev–Trinajstić information content (AvgIpc) is 2.56. The number of piperazine rings is 1. The van der Waals surface area contributed by atoms with E-state index in [-0.39, 0.29) is 6.03 Å². The number of carbonyl (C=O) groups excluding carboxylic acids is 1. The van der Waals surface area contributed by atoms with Crippen molar-refractivity contribution in [2.45, 2.75) is 13.8 Å². The standard InChI is InChI=1S/C17H26ClN3O3/c1-12(2)11-20-5-7-21(8-6-20)17(22)19-14-10-15(23-3)13(18)9-16(14)24-4/h9-10,12H,5-8,11H2,1-4H3,(H,19,22). The van der Waals surface area contributed by atoms with Gasteiger partial charge in [-0.1, -0.05) is 25.4 Å². The summed E-state index contributed by atoms with van der Waals surface area (Å²) in [7, 11) is 3.08. The van der Waals surface area contributed by atoms with Crippen LogP contribution in [0.2, 0.25) is 5.02 Å². The number of hydrogen-bond donors (Lipinski definition) is 1. The third kappa shape index (κ3) is 4.68. The van der Waals surface area contributed by atoms with Crippen molar-refractivity contribution in [1.29, 1.82) is 0 Å². The van der Waals surface area contributed by atoms with E-state index in [2.05, 4.69) is 24.1 Å². The molecule has 1 heterocycles. The Hall–Kier alpha value is -1.66. The van der Waals surface area contributed by atoms with Gasteiger partial charge in [-0.2, -0.15) is 0 Å². The summed E-state index contributed by atoms with van der Waals surface area (Å²) in [6.07, 6.45) is 0. The predicted octanol–water partition coefficient (Wildman–Crippen LogP) is 3.16. The smallest absolute Gasteiger partial charge is 0.322 e. The van der Waals surface area contributed by atoms with Gasteiger partial charge in [-0.15, -0.1) is 0 Å². The molecule has 1 fully saturated rings. The topological polar surface area (TPSA) is 54.0 Å². The molecule has 7 heteroatoms. The second kappa shape index (κ2) is 8.44. The molecule has 1 aromatic rings. The zero-order valence-corrected chi connectivity index (χ0v) is 15.5. The van der Waals surface area contributed by atoms with Gasteiger partial charge in [-0.05, 0) is 5.92 Å². The fourth-order valence-electron chi connectivity index (χ4n) is 2.80. The van der Waals surface area contributed by atoms with Crippen LogP contribution in [0.3, 0.4) is 0 Å². The van der Waals surface area contributed by atoms with E-state index in [0.29, 0.717) is 41.2 Å². The van der Waals surface area contributed by atoms with Crippen molar-refractivity contribution in [2.75, 3.05) is 52.3 Å². The van der Waals surface area contributed by atoms with Crippen LogP contribution in [0.4, 0.5) is 10.5 Å². The number of nitrogens with one attached hydrogen (secondary N) is 1. The van der Waals surface area contributed by atoms with Gasteiger partial charge < -0.3 is 19.7 Å². The summed E-state index contributed by atoms with van der Waals surface area (Å²) in [5.74, 6) is 1.64. The number of anilines is 1. The molecule has 0 atom stereocenters. The predicted molar refractivity (Wildman–Crippen MR) is 96.4 cm³/mol. The van der Waals surface area contributed by atoms with Crippen LogP contribution in [0.15, 0.2) is 12.1 Å². The quantitative estimate of drug-likeness (QED) is 0.881. The molecule has 2 amide bonds. The first-order valence-corrected chi connectivity index (χ1v) is 8.52. The lowest BCUT2D eigenvalue weighted by Crippen LogP contribution is -2.50. The molecule has 1 aromatic carbocycles. The van der Waals surface area contributed by atoms with Gasteiger partial charge in [-0.3, -0.25) is 4.90 Å². The third-order valence-corrected chi connectivity index (χ3v) is 4.29. The minimum absolute atomic E-state index is 0.137. The number of rotatable bonds is 5. The van der Waals surface area contributed by atoms with Gasteiger partial charge >= 0.3 is 6.03 Å². The largest absolute Gasteiger partial charge is 0.495 e. The molecule has 0 spiro atoms. The molecule has 0 unspecified atom stereocenters. The maximum atomic E-state index is 12.5. The van der Waals surface area contributed by atoms with Crippen LogP contribution in [0.1, 0.15) is 13.8 Å². The Morgan fingerprint density at radius 1 is 1.17 bits per heavy atom. The fraction of sp³-hybridized carbons (Fsp3) is 0.588. The molecule has 2 rings (SSSR count). The van der Waals surface area contributed by atoms with Gasteiger partial charge in [0, 0.05) is 44.9 Å². The van der Waals surface area contributed by atoms with Crippen molar-refractivity contribution in [2.24, 2.45) is 5.92 Å². The zero-order valence-electron chi connectivity index (χ0n) is 14.8. The number of methoxy groups -OCH3 is 2. The van der Waals surface area contributed by atoms with Crippen molar-refractivity contribution in [1.82, 2.24) is 9.80 Å². The lowest BCUT2D eigenvalue weighted by atomic mass is 10.2.